The molecule has 2 heterocycles. The zero-order valence-corrected chi connectivity index (χ0v) is 30.6. The van der Waals surface area contributed by atoms with Crippen LogP contribution in [0, 0.1) is 0 Å². The van der Waals surface area contributed by atoms with Crippen LogP contribution in [-0.2, 0) is 0 Å². The Morgan fingerprint density at radius 2 is 1.02 bits per heavy atom. The summed E-state index contributed by atoms with van der Waals surface area (Å²) in [5.74, 6) is 0. The van der Waals surface area contributed by atoms with Gasteiger partial charge in [0.15, 0.2) is 5.58 Å². The van der Waals surface area contributed by atoms with E-state index in [1.165, 1.54) is 64.3 Å². The van der Waals surface area contributed by atoms with E-state index in [0.29, 0.717) is 0 Å². The van der Waals surface area contributed by atoms with Crippen LogP contribution in [0.1, 0.15) is 0 Å². The highest BCUT2D eigenvalue weighted by Gasteiger charge is 2.22. The molecular formula is C52H33NOS. The minimum absolute atomic E-state index is 0.863. The molecule has 0 aliphatic carbocycles. The summed E-state index contributed by atoms with van der Waals surface area (Å²) >= 11 is 1.87. The lowest BCUT2D eigenvalue weighted by Crippen LogP contribution is -2.10. The van der Waals surface area contributed by atoms with E-state index in [0.717, 1.165) is 39.0 Å². The summed E-state index contributed by atoms with van der Waals surface area (Å²) in [7, 11) is 0. The Morgan fingerprint density at radius 1 is 0.382 bits per heavy atom. The van der Waals surface area contributed by atoms with E-state index in [2.05, 4.69) is 199 Å². The summed E-state index contributed by atoms with van der Waals surface area (Å²) in [5.41, 5.74) is 12.0. The fourth-order valence-corrected chi connectivity index (χ4v) is 9.56. The smallest absolute Gasteiger partial charge is 0.159 e. The predicted molar refractivity (Wildman–Crippen MR) is 235 cm³/mol. The molecule has 0 atom stereocenters. The molecule has 55 heavy (non-hydrogen) atoms. The fraction of sp³-hybridized carbons (Fsp3) is 0. The molecule has 0 fully saturated rings. The quantitative estimate of drug-likeness (QED) is 0.170. The summed E-state index contributed by atoms with van der Waals surface area (Å²) in [5, 5.41) is 7.28. The van der Waals surface area contributed by atoms with E-state index >= 15 is 0 Å². The van der Waals surface area contributed by atoms with E-state index in [-0.39, 0.29) is 0 Å². The van der Waals surface area contributed by atoms with Crippen molar-refractivity contribution in [3.63, 3.8) is 0 Å². The zero-order valence-electron chi connectivity index (χ0n) is 29.8. The Morgan fingerprint density at radius 3 is 1.91 bits per heavy atom. The van der Waals surface area contributed by atoms with Gasteiger partial charge >= 0.3 is 0 Å². The van der Waals surface area contributed by atoms with Gasteiger partial charge in [-0.15, -0.1) is 11.3 Å². The van der Waals surface area contributed by atoms with Crippen LogP contribution in [0.25, 0.3) is 86.3 Å². The Bertz CT molecular complexity index is 3200. The number of para-hydroxylation sites is 2. The molecule has 3 heteroatoms. The van der Waals surface area contributed by atoms with E-state index in [9.17, 15) is 0 Å². The van der Waals surface area contributed by atoms with Crippen molar-refractivity contribution in [1.29, 1.82) is 0 Å². The highest BCUT2D eigenvalue weighted by atomic mass is 32.1. The van der Waals surface area contributed by atoms with Gasteiger partial charge in [0.05, 0.1) is 5.69 Å². The topological polar surface area (TPSA) is 16.4 Å². The summed E-state index contributed by atoms with van der Waals surface area (Å²) in [4.78, 5) is 2.36. The molecule has 2 aromatic heterocycles. The van der Waals surface area contributed by atoms with Gasteiger partial charge < -0.3 is 9.32 Å². The van der Waals surface area contributed by atoms with E-state index in [1.807, 2.05) is 17.4 Å². The van der Waals surface area contributed by atoms with Gasteiger partial charge in [-0.2, -0.15) is 0 Å². The van der Waals surface area contributed by atoms with Crippen molar-refractivity contribution in [2.45, 2.75) is 0 Å². The number of rotatable bonds is 6. The molecule has 0 bridgehead atoms. The lowest BCUT2D eigenvalue weighted by atomic mass is 9.92. The molecule has 9 aromatic carbocycles. The van der Waals surface area contributed by atoms with Crippen molar-refractivity contribution >= 4 is 81.3 Å². The number of fused-ring (bicyclic) bond motifs is 7. The van der Waals surface area contributed by atoms with Gasteiger partial charge in [-0.05, 0) is 81.1 Å². The first-order valence-corrected chi connectivity index (χ1v) is 19.5. The number of anilines is 3. The Hall–Kier alpha value is -6.94. The zero-order chi connectivity index (χ0) is 36.3. The van der Waals surface area contributed by atoms with Crippen LogP contribution in [0.3, 0.4) is 0 Å². The first-order valence-electron chi connectivity index (χ1n) is 18.7. The molecule has 0 aliphatic rings. The van der Waals surface area contributed by atoms with Crippen molar-refractivity contribution < 1.29 is 4.42 Å². The second-order valence-electron chi connectivity index (χ2n) is 14.0. The Balaban J connectivity index is 1.16. The number of thiophene rings is 1. The maximum absolute atomic E-state index is 6.71. The average Bonchev–Trinajstić information content (AvgIpc) is 3.83. The summed E-state index contributed by atoms with van der Waals surface area (Å²) in [6.45, 7) is 0. The van der Waals surface area contributed by atoms with Gasteiger partial charge in [-0.25, -0.2) is 0 Å². The van der Waals surface area contributed by atoms with E-state index in [4.69, 9.17) is 4.42 Å². The Labute approximate surface area is 322 Å². The number of hydrogen-bond donors (Lipinski definition) is 0. The average molecular weight is 720 g/mol. The molecule has 0 N–H and O–H groups in total. The predicted octanol–water partition coefficient (Wildman–Crippen LogP) is 15.6. The third kappa shape index (κ3) is 5.24. The van der Waals surface area contributed by atoms with Crippen molar-refractivity contribution in [3.8, 4) is 33.4 Å². The van der Waals surface area contributed by atoms with Crippen LogP contribution in [0.15, 0.2) is 205 Å². The molecule has 0 aliphatic heterocycles. The molecule has 0 radical (unpaired) electrons. The Kier molecular flexibility index (Phi) is 7.39. The third-order valence-electron chi connectivity index (χ3n) is 10.9. The molecular weight excluding hydrogens is 687 g/mol. The van der Waals surface area contributed by atoms with Gasteiger partial charge in [0, 0.05) is 47.9 Å². The van der Waals surface area contributed by atoms with Crippen LogP contribution >= 0.6 is 11.3 Å². The van der Waals surface area contributed by atoms with Gasteiger partial charge in [-0.3, -0.25) is 0 Å². The number of nitrogens with zero attached hydrogens (tertiary/aromatic N) is 1. The van der Waals surface area contributed by atoms with Crippen LogP contribution in [0.2, 0.25) is 0 Å². The van der Waals surface area contributed by atoms with E-state index in [1.54, 1.807) is 0 Å². The molecule has 0 spiro atoms. The number of benzene rings is 9. The molecule has 11 aromatic rings. The fourth-order valence-electron chi connectivity index (χ4n) is 8.33. The minimum Gasteiger partial charge on any atom is -0.454 e. The van der Waals surface area contributed by atoms with Crippen molar-refractivity contribution in [1.82, 2.24) is 0 Å². The molecule has 0 saturated carbocycles. The van der Waals surface area contributed by atoms with Crippen molar-refractivity contribution in [2.24, 2.45) is 0 Å². The number of furan rings is 1. The minimum atomic E-state index is 0.863. The molecule has 258 valence electrons. The van der Waals surface area contributed by atoms with Crippen LogP contribution in [0.5, 0.6) is 0 Å². The second-order valence-corrected chi connectivity index (χ2v) is 15.1. The van der Waals surface area contributed by atoms with Crippen LogP contribution in [-0.4, -0.2) is 0 Å². The lowest BCUT2D eigenvalue weighted by molar-refractivity contribution is 0.669. The van der Waals surface area contributed by atoms with Crippen molar-refractivity contribution in [2.75, 3.05) is 4.90 Å². The van der Waals surface area contributed by atoms with Gasteiger partial charge in [0.25, 0.3) is 0 Å². The standard InChI is InChI=1S/C52H33NOS/c1-2-13-34(14-3-1)41-32-31-38(33-47(41)46-23-11-22-45-43-19-7-9-26-50(43)55-52(45)46)53(48-24-12-21-44-42-18-6-8-25-49(42)54-51(44)48)37-29-27-36(28-30-37)40-20-10-16-35-15-4-5-17-39(35)40/h1-33H. The monoisotopic (exact) mass is 719 g/mol. The first kappa shape index (κ1) is 31.6. The summed E-state index contributed by atoms with van der Waals surface area (Å²) in [6.07, 6.45) is 0. The SMILES string of the molecule is c1ccc(-c2ccc(N(c3ccc(-c4cccc5ccccc45)cc3)c3cccc4c3oc3ccccc34)cc2-c2cccc3c2sc2ccccc23)cc1. The summed E-state index contributed by atoms with van der Waals surface area (Å²) in [6, 6.07) is 72.1. The molecule has 0 amide bonds. The third-order valence-corrected chi connectivity index (χ3v) is 12.1. The first-order chi connectivity index (χ1) is 27.3. The van der Waals surface area contributed by atoms with Crippen LogP contribution in [0.4, 0.5) is 17.1 Å². The molecule has 0 saturated heterocycles. The second kappa shape index (κ2) is 12.9. The normalized spacial score (nSPS) is 11.6. The van der Waals surface area contributed by atoms with E-state index < -0.39 is 0 Å². The number of hydrogen-bond acceptors (Lipinski definition) is 3. The van der Waals surface area contributed by atoms with Crippen molar-refractivity contribution in [3.05, 3.63) is 200 Å². The van der Waals surface area contributed by atoms with Gasteiger partial charge in [-0.1, -0.05) is 158 Å². The molecule has 11 rings (SSSR count). The maximum Gasteiger partial charge on any atom is 0.159 e. The van der Waals surface area contributed by atoms with Crippen LogP contribution < -0.4 is 4.90 Å². The highest BCUT2D eigenvalue weighted by Crippen LogP contribution is 2.47. The van der Waals surface area contributed by atoms with Gasteiger partial charge in [0.2, 0.25) is 0 Å². The summed E-state index contributed by atoms with van der Waals surface area (Å²) < 4.78 is 9.30. The van der Waals surface area contributed by atoms with Gasteiger partial charge in [0.1, 0.15) is 5.58 Å². The largest absolute Gasteiger partial charge is 0.454 e. The highest BCUT2D eigenvalue weighted by molar-refractivity contribution is 7.26. The molecule has 2 nitrogen and oxygen atoms in total. The lowest BCUT2D eigenvalue weighted by Gasteiger charge is -2.27. The maximum atomic E-state index is 6.71. The molecule has 0 unspecified atom stereocenters.